The van der Waals surface area contributed by atoms with E-state index >= 15 is 0 Å². The van der Waals surface area contributed by atoms with Crippen LogP contribution in [0.1, 0.15) is 12.0 Å². The highest BCUT2D eigenvalue weighted by molar-refractivity contribution is 5.95. The van der Waals surface area contributed by atoms with Gasteiger partial charge in [0.15, 0.2) is 0 Å². The molecule has 0 aromatic heterocycles. The molecule has 140 valence electrons. The minimum atomic E-state index is -0.397. The van der Waals surface area contributed by atoms with Crippen molar-refractivity contribution in [3.63, 3.8) is 0 Å². The second kappa shape index (κ2) is 9.03. The molecule has 5 heteroatoms. The van der Waals surface area contributed by atoms with E-state index in [2.05, 4.69) is 11.9 Å². The van der Waals surface area contributed by atoms with Gasteiger partial charge in [0, 0.05) is 25.2 Å². The topological polar surface area (TPSA) is 58.6 Å². The first-order valence-corrected chi connectivity index (χ1v) is 9.13. The number of anilines is 1. The van der Waals surface area contributed by atoms with Gasteiger partial charge in [-0.3, -0.25) is 4.79 Å². The third-order valence-corrected chi connectivity index (χ3v) is 4.48. The van der Waals surface area contributed by atoms with Crippen LogP contribution in [0.15, 0.2) is 73.3 Å². The molecule has 1 N–H and O–H groups in total. The molecule has 27 heavy (non-hydrogen) atoms. The molecule has 3 rings (SSSR count). The molecular weight excluding hydrogens is 340 g/mol. The molecule has 0 aliphatic heterocycles. The maximum Gasteiger partial charge on any atom is 0.410 e. The Morgan fingerprint density at radius 2 is 1.78 bits per heavy atom. The fourth-order valence-electron chi connectivity index (χ4n) is 2.86. The standard InChI is InChI=1S/C22H24N2O3/c1-2-14-24(15-13-17-9-5-3-6-10-17)22(26)27-20-16-19(20)21(25)23-18-11-7-4-8-12-18/h2-12,19-20H,1,13-16H2,(H,23,25). The molecule has 0 spiro atoms. The fourth-order valence-corrected chi connectivity index (χ4v) is 2.86. The molecular formula is C22H24N2O3. The lowest BCUT2D eigenvalue weighted by Crippen LogP contribution is -2.34. The van der Waals surface area contributed by atoms with Crippen LogP contribution >= 0.6 is 0 Å². The number of rotatable bonds is 8. The first kappa shape index (κ1) is 18.7. The normalized spacial score (nSPS) is 17.6. The van der Waals surface area contributed by atoms with Crippen molar-refractivity contribution < 1.29 is 14.3 Å². The Morgan fingerprint density at radius 3 is 2.44 bits per heavy atom. The first-order valence-electron chi connectivity index (χ1n) is 9.13. The minimum Gasteiger partial charge on any atom is -0.445 e. The molecule has 1 aliphatic carbocycles. The first-order chi connectivity index (χ1) is 13.2. The van der Waals surface area contributed by atoms with Gasteiger partial charge in [0.05, 0.1) is 5.92 Å². The van der Waals surface area contributed by atoms with Crippen molar-refractivity contribution in [1.29, 1.82) is 0 Å². The molecule has 2 atom stereocenters. The second-order valence-corrected chi connectivity index (χ2v) is 6.59. The van der Waals surface area contributed by atoms with Crippen LogP contribution in [0.4, 0.5) is 10.5 Å². The molecule has 1 fully saturated rings. The fraction of sp³-hybridized carbons (Fsp3) is 0.273. The maximum absolute atomic E-state index is 12.5. The van der Waals surface area contributed by atoms with Gasteiger partial charge in [0.25, 0.3) is 0 Å². The van der Waals surface area contributed by atoms with Gasteiger partial charge in [-0.1, -0.05) is 54.6 Å². The molecule has 1 aliphatic rings. The SMILES string of the molecule is C=CCN(CCc1ccccc1)C(=O)OC1CC1C(=O)Nc1ccccc1. The smallest absolute Gasteiger partial charge is 0.410 e. The van der Waals surface area contributed by atoms with Crippen molar-refractivity contribution in [3.05, 3.63) is 78.9 Å². The maximum atomic E-state index is 12.5. The van der Waals surface area contributed by atoms with Crippen molar-refractivity contribution in [1.82, 2.24) is 4.90 Å². The molecule has 2 aromatic rings. The van der Waals surface area contributed by atoms with Crippen molar-refractivity contribution >= 4 is 17.7 Å². The number of carbonyl (C=O) groups excluding carboxylic acids is 2. The minimum absolute atomic E-state index is 0.112. The third kappa shape index (κ3) is 5.45. The van der Waals surface area contributed by atoms with Gasteiger partial charge in [0.1, 0.15) is 6.10 Å². The Morgan fingerprint density at radius 1 is 1.11 bits per heavy atom. The van der Waals surface area contributed by atoms with Gasteiger partial charge in [-0.25, -0.2) is 4.79 Å². The number of amides is 2. The van der Waals surface area contributed by atoms with E-state index in [0.717, 1.165) is 17.7 Å². The number of benzene rings is 2. The van der Waals surface area contributed by atoms with Crippen LogP contribution < -0.4 is 5.32 Å². The quantitative estimate of drug-likeness (QED) is 0.723. The number of nitrogens with one attached hydrogen (secondary N) is 1. The predicted octanol–water partition coefficient (Wildman–Crippen LogP) is 3.88. The van der Waals surface area contributed by atoms with E-state index < -0.39 is 6.09 Å². The summed E-state index contributed by atoms with van der Waals surface area (Å²) in [5, 5.41) is 2.85. The van der Waals surface area contributed by atoms with Crippen molar-refractivity contribution in [3.8, 4) is 0 Å². The van der Waals surface area contributed by atoms with Crippen LogP contribution in [0.2, 0.25) is 0 Å². The summed E-state index contributed by atoms with van der Waals surface area (Å²) < 4.78 is 5.51. The summed E-state index contributed by atoms with van der Waals surface area (Å²) in [6.45, 7) is 4.67. The molecule has 0 radical (unpaired) electrons. The average Bonchev–Trinajstić information content (AvgIpc) is 3.46. The lowest BCUT2D eigenvalue weighted by atomic mass is 10.1. The van der Waals surface area contributed by atoms with Crippen molar-refractivity contribution in [2.45, 2.75) is 18.9 Å². The van der Waals surface area contributed by atoms with Crippen LogP contribution in [0, 0.1) is 5.92 Å². The van der Waals surface area contributed by atoms with Gasteiger partial charge in [-0.05, 0) is 24.1 Å². The highest BCUT2D eigenvalue weighted by atomic mass is 16.6. The lowest BCUT2D eigenvalue weighted by molar-refractivity contribution is -0.118. The number of ether oxygens (including phenoxy) is 1. The van der Waals surface area contributed by atoms with E-state index in [1.165, 1.54) is 0 Å². The summed E-state index contributed by atoms with van der Waals surface area (Å²) in [4.78, 5) is 26.3. The summed E-state index contributed by atoms with van der Waals surface area (Å²) in [5.74, 6) is -0.396. The monoisotopic (exact) mass is 364 g/mol. The zero-order chi connectivity index (χ0) is 19.1. The van der Waals surface area contributed by atoms with Crippen molar-refractivity contribution in [2.75, 3.05) is 18.4 Å². The molecule has 2 unspecified atom stereocenters. The Bertz CT molecular complexity index is 777. The molecule has 5 nitrogen and oxygen atoms in total. The predicted molar refractivity (Wildman–Crippen MR) is 105 cm³/mol. The molecule has 0 saturated heterocycles. The van der Waals surface area contributed by atoms with Crippen LogP contribution in [0.25, 0.3) is 0 Å². The number of hydrogen-bond donors (Lipinski definition) is 1. The zero-order valence-corrected chi connectivity index (χ0v) is 15.2. The highest BCUT2D eigenvalue weighted by Crippen LogP contribution is 2.35. The zero-order valence-electron chi connectivity index (χ0n) is 15.2. The summed E-state index contributed by atoms with van der Waals surface area (Å²) in [7, 11) is 0. The molecule has 1 saturated carbocycles. The van der Waals surface area contributed by atoms with Gasteiger partial charge in [-0.15, -0.1) is 6.58 Å². The second-order valence-electron chi connectivity index (χ2n) is 6.59. The Balaban J connectivity index is 1.48. The Labute approximate surface area is 159 Å². The number of hydrogen-bond acceptors (Lipinski definition) is 3. The lowest BCUT2D eigenvalue weighted by Gasteiger charge is -2.20. The number of nitrogens with zero attached hydrogens (tertiary/aromatic N) is 1. The van der Waals surface area contributed by atoms with Crippen LogP contribution in [0.3, 0.4) is 0 Å². The summed E-state index contributed by atoms with van der Waals surface area (Å²) in [5.41, 5.74) is 1.90. The molecule has 2 amide bonds. The van der Waals surface area contributed by atoms with Gasteiger partial charge >= 0.3 is 6.09 Å². The van der Waals surface area contributed by atoms with Gasteiger partial charge in [0.2, 0.25) is 5.91 Å². The van der Waals surface area contributed by atoms with Crippen LogP contribution in [0.5, 0.6) is 0 Å². The highest BCUT2D eigenvalue weighted by Gasteiger charge is 2.47. The number of carbonyl (C=O) groups is 2. The molecule has 0 heterocycles. The Hall–Kier alpha value is -3.08. The van der Waals surface area contributed by atoms with Crippen LogP contribution in [-0.2, 0) is 16.0 Å². The van der Waals surface area contributed by atoms with Gasteiger partial charge in [-0.2, -0.15) is 0 Å². The van der Waals surface area contributed by atoms with Crippen molar-refractivity contribution in [2.24, 2.45) is 5.92 Å². The van der Waals surface area contributed by atoms with Crippen LogP contribution in [-0.4, -0.2) is 36.1 Å². The largest absolute Gasteiger partial charge is 0.445 e. The van der Waals surface area contributed by atoms with E-state index in [0.29, 0.717) is 19.5 Å². The van der Waals surface area contributed by atoms with E-state index in [4.69, 9.17) is 4.74 Å². The number of para-hydroxylation sites is 1. The Kier molecular flexibility index (Phi) is 6.26. The van der Waals surface area contributed by atoms with E-state index in [9.17, 15) is 9.59 Å². The van der Waals surface area contributed by atoms with E-state index in [-0.39, 0.29) is 17.9 Å². The van der Waals surface area contributed by atoms with E-state index in [1.54, 1.807) is 11.0 Å². The summed E-state index contributed by atoms with van der Waals surface area (Å²) in [6, 6.07) is 19.3. The molecule has 2 aromatic carbocycles. The average molecular weight is 364 g/mol. The van der Waals surface area contributed by atoms with Gasteiger partial charge < -0.3 is 15.0 Å². The third-order valence-electron chi connectivity index (χ3n) is 4.48. The summed E-state index contributed by atoms with van der Waals surface area (Å²) >= 11 is 0. The summed E-state index contributed by atoms with van der Waals surface area (Å²) in [6.07, 6.45) is 2.23. The van der Waals surface area contributed by atoms with E-state index in [1.807, 2.05) is 60.7 Å². The molecule has 0 bridgehead atoms.